The minimum atomic E-state index is -0.298. The fourth-order valence-corrected chi connectivity index (χ4v) is 2.79. The number of carbonyl (C=O) groups is 1. The van der Waals surface area contributed by atoms with Gasteiger partial charge in [0.05, 0.1) is 12.8 Å². The van der Waals surface area contributed by atoms with E-state index in [1.165, 1.54) is 0 Å². The van der Waals surface area contributed by atoms with Crippen LogP contribution in [0.3, 0.4) is 0 Å². The van der Waals surface area contributed by atoms with Crippen LogP contribution in [0.15, 0.2) is 53.9 Å². The van der Waals surface area contributed by atoms with Crippen LogP contribution in [-0.2, 0) is 0 Å². The van der Waals surface area contributed by atoms with Crippen molar-refractivity contribution in [3.05, 3.63) is 59.6 Å². The summed E-state index contributed by atoms with van der Waals surface area (Å²) in [6.45, 7) is 0. The smallest absolute Gasteiger partial charge is 0.277 e. The van der Waals surface area contributed by atoms with E-state index in [1.54, 1.807) is 24.6 Å². The number of amides is 1. The van der Waals surface area contributed by atoms with Gasteiger partial charge in [-0.05, 0) is 60.1 Å². The van der Waals surface area contributed by atoms with Gasteiger partial charge in [-0.1, -0.05) is 16.6 Å². The molecule has 0 aliphatic rings. The van der Waals surface area contributed by atoms with E-state index in [-0.39, 0.29) is 5.91 Å². The number of rotatable bonds is 5. The first-order valence-electron chi connectivity index (χ1n) is 7.55. The van der Waals surface area contributed by atoms with E-state index in [4.69, 9.17) is 17.0 Å². The molecule has 0 unspecified atom stereocenters. The molecule has 9 heteroatoms. The van der Waals surface area contributed by atoms with Crippen molar-refractivity contribution in [3.8, 4) is 5.75 Å². The third-order valence-corrected chi connectivity index (χ3v) is 4.06. The topological polar surface area (TPSA) is 88.2 Å². The van der Waals surface area contributed by atoms with Gasteiger partial charge in [0.25, 0.3) is 5.91 Å². The van der Waals surface area contributed by atoms with Crippen molar-refractivity contribution in [1.82, 2.24) is 9.59 Å². The highest BCUT2D eigenvalue weighted by molar-refractivity contribution is 7.80. The minimum Gasteiger partial charge on any atom is -0.495 e. The first kappa shape index (κ1) is 17.8. The van der Waals surface area contributed by atoms with Crippen LogP contribution in [0, 0.1) is 0 Å². The van der Waals surface area contributed by atoms with Gasteiger partial charge in [0.15, 0.2) is 10.8 Å². The van der Waals surface area contributed by atoms with Gasteiger partial charge in [0.1, 0.15) is 5.75 Å². The molecule has 3 N–H and O–H groups in total. The zero-order valence-electron chi connectivity index (χ0n) is 13.7. The molecule has 0 fully saturated rings. The van der Waals surface area contributed by atoms with Crippen LogP contribution in [0.1, 0.15) is 10.5 Å². The summed E-state index contributed by atoms with van der Waals surface area (Å²) >= 11 is 6.45. The average Bonchev–Trinajstić information content (AvgIpc) is 3.18. The number of hydrogen-bond acceptors (Lipinski definition) is 6. The Bertz CT molecular complexity index is 898. The largest absolute Gasteiger partial charge is 0.495 e. The molecule has 0 atom stereocenters. The van der Waals surface area contributed by atoms with Crippen molar-refractivity contribution in [2.45, 2.75) is 0 Å². The Morgan fingerprint density at radius 1 is 1.04 bits per heavy atom. The summed E-state index contributed by atoms with van der Waals surface area (Å²) in [6, 6.07) is 14.7. The molecule has 0 radical (unpaired) electrons. The van der Waals surface area contributed by atoms with Crippen molar-refractivity contribution < 1.29 is 9.53 Å². The molecule has 0 aliphatic heterocycles. The number of carbonyl (C=O) groups excluding carboxylic acids is 1. The number of thiocarbonyl (C=S) groups is 1. The summed E-state index contributed by atoms with van der Waals surface area (Å²) in [6.07, 6.45) is 0. The van der Waals surface area contributed by atoms with Crippen LogP contribution in [0.25, 0.3) is 0 Å². The summed E-state index contributed by atoms with van der Waals surface area (Å²) in [7, 11) is 1.60. The molecule has 26 heavy (non-hydrogen) atoms. The zero-order valence-corrected chi connectivity index (χ0v) is 15.4. The van der Waals surface area contributed by atoms with E-state index in [9.17, 15) is 4.79 Å². The van der Waals surface area contributed by atoms with Crippen molar-refractivity contribution >= 4 is 51.8 Å². The third kappa shape index (κ3) is 4.52. The Hall–Kier alpha value is -3.04. The lowest BCUT2D eigenvalue weighted by atomic mass is 10.2. The predicted octanol–water partition coefficient (Wildman–Crippen LogP) is 3.61. The first-order chi connectivity index (χ1) is 12.7. The Kier molecular flexibility index (Phi) is 5.72. The summed E-state index contributed by atoms with van der Waals surface area (Å²) in [4.78, 5) is 11.9. The summed E-state index contributed by atoms with van der Waals surface area (Å²) in [5, 5.41) is 14.7. The Labute approximate surface area is 159 Å². The van der Waals surface area contributed by atoms with Crippen LogP contribution in [0.4, 0.5) is 17.1 Å². The molecule has 0 saturated carbocycles. The number of benzene rings is 2. The summed E-state index contributed by atoms with van der Waals surface area (Å²) in [5.41, 5.74) is 2.50. The number of para-hydroxylation sites is 2. The molecule has 0 bridgehead atoms. The number of hydrogen-bond donors (Lipinski definition) is 3. The van der Waals surface area contributed by atoms with Crippen molar-refractivity contribution in [2.75, 3.05) is 23.1 Å². The van der Waals surface area contributed by atoms with Gasteiger partial charge < -0.3 is 20.7 Å². The van der Waals surface area contributed by atoms with Crippen molar-refractivity contribution in [1.29, 1.82) is 0 Å². The van der Waals surface area contributed by atoms with E-state index >= 15 is 0 Å². The molecule has 3 aromatic rings. The van der Waals surface area contributed by atoms with Crippen LogP contribution in [-0.4, -0.2) is 27.7 Å². The summed E-state index contributed by atoms with van der Waals surface area (Å²) < 4.78 is 8.95. The molecule has 1 aromatic heterocycles. The molecule has 132 valence electrons. The van der Waals surface area contributed by atoms with E-state index in [2.05, 4.69) is 25.5 Å². The number of nitrogens with one attached hydrogen (secondary N) is 3. The molecule has 0 aliphatic carbocycles. The fourth-order valence-electron chi connectivity index (χ4n) is 2.13. The maximum Gasteiger partial charge on any atom is 0.277 e. The standard InChI is InChI=1S/C17H15N5O2S2/c1-24-15-5-3-2-4-13(15)20-17(25)19-12-8-6-11(7-9-12)18-16(23)14-10-26-22-21-14/h2-10H,1H3,(H,18,23)(H2,19,20,25). The lowest BCUT2D eigenvalue weighted by Crippen LogP contribution is -2.19. The normalized spacial score (nSPS) is 10.0. The zero-order chi connectivity index (χ0) is 18.4. The molecule has 1 amide bonds. The van der Waals surface area contributed by atoms with E-state index in [1.807, 2.05) is 36.4 Å². The second kappa shape index (κ2) is 8.37. The number of ether oxygens (including phenoxy) is 1. The number of anilines is 3. The van der Waals surface area contributed by atoms with E-state index in [0.29, 0.717) is 22.2 Å². The molecule has 7 nitrogen and oxygen atoms in total. The van der Waals surface area contributed by atoms with Gasteiger partial charge in [-0.15, -0.1) is 5.10 Å². The average molecular weight is 385 g/mol. The van der Waals surface area contributed by atoms with E-state index in [0.717, 1.165) is 22.9 Å². The van der Waals surface area contributed by atoms with Crippen molar-refractivity contribution in [3.63, 3.8) is 0 Å². The van der Waals surface area contributed by atoms with Gasteiger partial charge in [0, 0.05) is 16.8 Å². The lowest BCUT2D eigenvalue weighted by molar-refractivity contribution is 0.102. The van der Waals surface area contributed by atoms with Crippen LogP contribution in [0.2, 0.25) is 0 Å². The highest BCUT2D eigenvalue weighted by Crippen LogP contribution is 2.23. The molecule has 2 aromatic carbocycles. The molecule has 1 heterocycles. The van der Waals surface area contributed by atoms with Gasteiger partial charge in [0.2, 0.25) is 0 Å². The van der Waals surface area contributed by atoms with Gasteiger partial charge in [-0.2, -0.15) is 0 Å². The SMILES string of the molecule is COc1ccccc1NC(=S)Nc1ccc(NC(=O)c2csnn2)cc1. The monoisotopic (exact) mass is 385 g/mol. The van der Waals surface area contributed by atoms with E-state index < -0.39 is 0 Å². The van der Waals surface area contributed by atoms with Crippen LogP contribution < -0.4 is 20.7 Å². The fraction of sp³-hybridized carbons (Fsp3) is 0.0588. The minimum absolute atomic E-state index is 0.291. The molecule has 0 saturated heterocycles. The number of nitrogens with zero attached hydrogens (tertiary/aromatic N) is 2. The predicted molar refractivity (Wildman–Crippen MR) is 107 cm³/mol. The molecule has 0 spiro atoms. The maximum atomic E-state index is 11.9. The molecular formula is C17H15N5O2S2. The Morgan fingerprint density at radius 3 is 2.38 bits per heavy atom. The Morgan fingerprint density at radius 2 is 1.73 bits per heavy atom. The van der Waals surface area contributed by atoms with Crippen molar-refractivity contribution in [2.24, 2.45) is 0 Å². The maximum absolute atomic E-state index is 11.9. The Balaban J connectivity index is 1.58. The quantitative estimate of drug-likeness (QED) is 0.578. The second-order valence-electron chi connectivity index (χ2n) is 5.10. The number of aromatic nitrogens is 2. The highest BCUT2D eigenvalue weighted by atomic mass is 32.1. The first-order valence-corrected chi connectivity index (χ1v) is 8.79. The van der Waals surface area contributed by atoms with Gasteiger partial charge >= 0.3 is 0 Å². The highest BCUT2D eigenvalue weighted by Gasteiger charge is 2.09. The number of methoxy groups -OCH3 is 1. The second-order valence-corrected chi connectivity index (χ2v) is 6.12. The van der Waals surface area contributed by atoms with Gasteiger partial charge in [-0.3, -0.25) is 4.79 Å². The third-order valence-electron chi connectivity index (χ3n) is 3.35. The molecular weight excluding hydrogens is 370 g/mol. The molecule has 3 rings (SSSR count). The van der Waals surface area contributed by atoms with Crippen LogP contribution >= 0.6 is 23.8 Å². The van der Waals surface area contributed by atoms with Gasteiger partial charge in [-0.25, -0.2) is 0 Å². The lowest BCUT2D eigenvalue weighted by Gasteiger charge is -2.13. The summed E-state index contributed by atoms with van der Waals surface area (Å²) in [5.74, 6) is 0.402. The van der Waals surface area contributed by atoms with Crippen LogP contribution in [0.5, 0.6) is 5.75 Å².